The second kappa shape index (κ2) is 14.1. The average Bonchev–Trinajstić information content (AvgIpc) is 2.85. The summed E-state index contributed by atoms with van der Waals surface area (Å²) in [4.78, 5) is 40.9. The van der Waals surface area contributed by atoms with E-state index in [1.807, 2.05) is 58.0 Å². The maximum absolute atomic E-state index is 13.7. The Morgan fingerprint density at radius 1 is 1.11 bits per heavy atom. The minimum absolute atomic E-state index is 0.0135. The molecule has 0 radical (unpaired) electrons. The fourth-order valence-electron chi connectivity index (χ4n) is 4.29. The third-order valence-corrected chi connectivity index (χ3v) is 6.69. The van der Waals surface area contributed by atoms with Crippen LogP contribution in [0.3, 0.4) is 0 Å². The van der Waals surface area contributed by atoms with Crippen molar-refractivity contribution in [2.75, 3.05) is 27.8 Å². The van der Waals surface area contributed by atoms with Crippen LogP contribution < -0.4 is 10.6 Å². The van der Waals surface area contributed by atoms with Crippen LogP contribution in [-0.4, -0.2) is 74.7 Å². The molecule has 1 unspecified atom stereocenters. The number of likely N-dealkylation sites (N-methyl/N-ethyl adjacent to an activating group) is 2. The molecule has 202 valence electrons. The topological polar surface area (TPSA) is 97.0 Å². The molecule has 36 heavy (non-hydrogen) atoms. The number of amides is 2. The SMILES string of the molecule is CCOC(=O)C(C)=C[C@H](C(C)C)N(C)C(=O)[C@@H](NC(=O)C(NC)C(C)(C)c1ccccc1)[C@@H](C)OC. The van der Waals surface area contributed by atoms with E-state index >= 15 is 0 Å². The summed E-state index contributed by atoms with van der Waals surface area (Å²) in [5, 5.41) is 6.06. The molecule has 1 aromatic carbocycles. The highest BCUT2D eigenvalue weighted by Gasteiger charge is 2.39. The van der Waals surface area contributed by atoms with Crippen LogP contribution >= 0.6 is 0 Å². The Bertz CT molecular complexity index is 898. The molecule has 8 nitrogen and oxygen atoms in total. The van der Waals surface area contributed by atoms with Gasteiger partial charge in [-0.05, 0) is 39.3 Å². The van der Waals surface area contributed by atoms with Crippen LogP contribution in [0.25, 0.3) is 0 Å². The van der Waals surface area contributed by atoms with E-state index in [1.54, 1.807) is 45.8 Å². The van der Waals surface area contributed by atoms with Crippen LogP contribution in [-0.2, 0) is 29.3 Å². The smallest absolute Gasteiger partial charge is 0.333 e. The van der Waals surface area contributed by atoms with E-state index in [-0.39, 0.29) is 30.4 Å². The monoisotopic (exact) mass is 503 g/mol. The number of carbonyl (C=O) groups is 3. The molecule has 0 saturated carbocycles. The van der Waals surface area contributed by atoms with Gasteiger partial charge in [0.05, 0.1) is 24.8 Å². The molecule has 0 aromatic heterocycles. The van der Waals surface area contributed by atoms with Crippen LogP contribution in [0.2, 0.25) is 0 Å². The Kier molecular flexibility index (Phi) is 12.3. The molecule has 2 amide bonds. The minimum atomic E-state index is -0.924. The lowest BCUT2D eigenvalue weighted by Gasteiger charge is -2.37. The summed E-state index contributed by atoms with van der Waals surface area (Å²) in [5.41, 5.74) is 0.879. The molecular formula is C28H45N3O5. The van der Waals surface area contributed by atoms with Crippen LogP contribution in [0, 0.1) is 5.92 Å². The molecule has 0 fully saturated rings. The Morgan fingerprint density at radius 2 is 1.69 bits per heavy atom. The van der Waals surface area contributed by atoms with Crippen molar-refractivity contribution in [1.82, 2.24) is 15.5 Å². The number of methoxy groups -OCH3 is 1. The van der Waals surface area contributed by atoms with E-state index in [2.05, 4.69) is 10.6 Å². The van der Waals surface area contributed by atoms with Crippen molar-refractivity contribution in [1.29, 1.82) is 0 Å². The first kappa shape index (κ1) is 31.3. The highest BCUT2D eigenvalue weighted by molar-refractivity contribution is 5.91. The molecule has 0 spiro atoms. The second-order valence-corrected chi connectivity index (χ2v) is 9.99. The number of nitrogens with one attached hydrogen (secondary N) is 2. The Balaban J connectivity index is 3.25. The quantitative estimate of drug-likeness (QED) is 0.317. The summed E-state index contributed by atoms with van der Waals surface area (Å²) in [6.07, 6.45) is 1.16. The fraction of sp³-hybridized carbons (Fsp3) is 0.607. The third kappa shape index (κ3) is 7.90. The maximum Gasteiger partial charge on any atom is 0.333 e. The van der Waals surface area contributed by atoms with Gasteiger partial charge < -0.3 is 25.0 Å². The van der Waals surface area contributed by atoms with Crippen LogP contribution in [0.4, 0.5) is 0 Å². The fourth-order valence-corrected chi connectivity index (χ4v) is 4.29. The van der Waals surface area contributed by atoms with Gasteiger partial charge in [0.25, 0.3) is 0 Å². The van der Waals surface area contributed by atoms with Crippen molar-refractivity contribution in [3.05, 3.63) is 47.5 Å². The molecule has 0 aliphatic carbocycles. The van der Waals surface area contributed by atoms with Gasteiger partial charge in [-0.2, -0.15) is 0 Å². The third-order valence-electron chi connectivity index (χ3n) is 6.69. The predicted octanol–water partition coefficient (Wildman–Crippen LogP) is 3.06. The van der Waals surface area contributed by atoms with Gasteiger partial charge in [-0.1, -0.05) is 64.1 Å². The highest BCUT2D eigenvalue weighted by atomic mass is 16.5. The minimum Gasteiger partial charge on any atom is -0.463 e. The number of rotatable bonds is 13. The van der Waals surface area contributed by atoms with Gasteiger partial charge in [-0.15, -0.1) is 0 Å². The number of carbonyl (C=O) groups excluding carboxylic acids is 3. The Hall–Kier alpha value is -2.71. The molecule has 8 heteroatoms. The molecule has 0 saturated heterocycles. The Morgan fingerprint density at radius 3 is 2.17 bits per heavy atom. The number of nitrogens with zero attached hydrogens (tertiary/aromatic N) is 1. The normalized spacial score (nSPS) is 15.6. The standard InChI is InChI=1S/C28H45N3O5/c1-11-36-27(34)19(4)17-22(18(2)3)31(9)26(33)23(20(5)35-10)30-25(32)24(29-8)28(6,7)21-15-13-12-14-16-21/h12-18,20,22-24,29H,11H2,1-10H3,(H,30,32)/t20-,22-,23+,24?/m1/s1. The van der Waals surface area contributed by atoms with E-state index < -0.39 is 29.6 Å². The van der Waals surface area contributed by atoms with Crippen molar-refractivity contribution in [2.24, 2.45) is 5.92 Å². The summed E-state index contributed by atoms with van der Waals surface area (Å²) in [6, 6.07) is 7.87. The first-order valence-electron chi connectivity index (χ1n) is 12.5. The van der Waals surface area contributed by atoms with Gasteiger partial charge in [0.2, 0.25) is 11.8 Å². The summed E-state index contributed by atoms with van der Waals surface area (Å²) in [7, 11) is 4.91. The molecule has 0 heterocycles. The van der Waals surface area contributed by atoms with E-state index in [1.165, 1.54) is 7.11 Å². The van der Waals surface area contributed by atoms with E-state index in [4.69, 9.17) is 9.47 Å². The lowest BCUT2D eigenvalue weighted by Crippen LogP contribution is -2.61. The lowest BCUT2D eigenvalue weighted by atomic mass is 9.77. The number of esters is 1. The Labute approximate surface area is 216 Å². The van der Waals surface area contributed by atoms with Gasteiger partial charge in [-0.3, -0.25) is 9.59 Å². The summed E-state index contributed by atoms with van der Waals surface area (Å²) >= 11 is 0. The average molecular weight is 504 g/mol. The number of hydrogen-bond donors (Lipinski definition) is 2. The predicted molar refractivity (Wildman–Crippen MR) is 143 cm³/mol. The lowest BCUT2D eigenvalue weighted by molar-refractivity contribution is -0.141. The molecule has 1 aromatic rings. The van der Waals surface area contributed by atoms with Crippen LogP contribution in [0.5, 0.6) is 0 Å². The van der Waals surface area contributed by atoms with Crippen molar-refractivity contribution < 1.29 is 23.9 Å². The number of benzene rings is 1. The molecule has 0 bridgehead atoms. The second-order valence-electron chi connectivity index (χ2n) is 9.99. The van der Waals surface area contributed by atoms with Crippen molar-refractivity contribution in [2.45, 2.75) is 78.1 Å². The number of ether oxygens (including phenoxy) is 2. The van der Waals surface area contributed by atoms with Gasteiger partial charge in [-0.25, -0.2) is 4.79 Å². The van der Waals surface area contributed by atoms with Crippen molar-refractivity contribution >= 4 is 17.8 Å². The molecule has 0 aliphatic rings. The highest BCUT2D eigenvalue weighted by Crippen LogP contribution is 2.27. The van der Waals surface area contributed by atoms with E-state index in [0.29, 0.717) is 5.57 Å². The molecule has 1 rings (SSSR count). The van der Waals surface area contributed by atoms with E-state index in [0.717, 1.165) is 5.56 Å². The maximum atomic E-state index is 13.7. The molecule has 4 atom stereocenters. The van der Waals surface area contributed by atoms with Crippen LogP contribution in [0.1, 0.15) is 54.0 Å². The van der Waals surface area contributed by atoms with Gasteiger partial charge >= 0.3 is 5.97 Å². The van der Waals surface area contributed by atoms with Crippen molar-refractivity contribution in [3.8, 4) is 0 Å². The summed E-state index contributed by atoms with van der Waals surface area (Å²) in [5.74, 6) is -1.02. The zero-order chi connectivity index (χ0) is 27.6. The summed E-state index contributed by atoms with van der Waals surface area (Å²) in [6.45, 7) is 13.4. The molecule has 2 N–H and O–H groups in total. The zero-order valence-electron chi connectivity index (χ0n) is 23.5. The largest absolute Gasteiger partial charge is 0.463 e. The molecular weight excluding hydrogens is 458 g/mol. The van der Waals surface area contributed by atoms with Gasteiger partial charge in [0.15, 0.2) is 0 Å². The van der Waals surface area contributed by atoms with Gasteiger partial charge in [0, 0.05) is 25.1 Å². The first-order valence-corrected chi connectivity index (χ1v) is 12.5. The van der Waals surface area contributed by atoms with Gasteiger partial charge in [0.1, 0.15) is 6.04 Å². The van der Waals surface area contributed by atoms with Crippen LogP contribution in [0.15, 0.2) is 42.0 Å². The summed E-state index contributed by atoms with van der Waals surface area (Å²) < 4.78 is 10.6. The molecule has 0 aliphatic heterocycles. The van der Waals surface area contributed by atoms with Crippen molar-refractivity contribution in [3.63, 3.8) is 0 Å². The zero-order valence-corrected chi connectivity index (χ0v) is 23.5. The first-order chi connectivity index (χ1) is 16.8. The van der Waals surface area contributed by atoms with E-state index in [9.17, 15) is 14.4 Å². The number of hydrogen-bond acceptors (Lipinski definition) is 6.